The van der Waals surface area contributed by atoms with E-state index in [-0.39, 0.29) is 5.75 Å². The fraction of sp³-hybridized carbons (Fsp3) is 0.263. The zero-order chi connectivity index (χ0) is 20.9. The van der Waals surface area contributed by atoms with Gasteiger partial charge >= 0.3 is 12.1 Å². The predicted octanol–water partition coefficient (Wildman–Crippen LogP) is 4.29. The van der Waals surface area contributed by atoms with Crippen molar-refractivity contribution in [2.75, 3.05) is 6.61 Å². The standard InChI is InChI=1S/C19H17ClF3NO4/c1-12(25)24-18(11-27-13(2)26,14-6-8-16(20)9-7-14)28-17-5-3-4-15(10-17)19(21,22)23/h3-10H,11H2,1-2H3,(H,24,25). The minimum Gasteiger partial charge on any atom is -0.460 e. The van der Waals surface area contributed by atoms with E-state index in [4.69, 9.17) is 21.1 Å². The van der Waals surface area contributed by atoms with Crippen molar-refractivity contribution in [3.63, 3.8) is 0 Å². The number of alkyl halides is 3. The van der Waals surface area contributed by atoms with Crippen molar-refractivity contribution in [3.8, 4) is 5.75 Å². The maximum atomic E-state index is 13.0. The van der Waals surface area contributed by atoms with Gasteiger partial charge in [0.2, 0.25) is 11.6 Å². The van der Waals surface area contributed by atoms with E-state index in [1.807, 2.05) is 0 Å². The van der Waals surface area contributed by atoms with Crippen LogP contribution in [0.5, 0.6) is 5.75 Å². The molecule has 1 atom stereocenters. The number of amides is 1. The summed E-state index contributed by atoms with van der Waals surface area (Å²) < 4.78 is 49.9. The average molecular weight is 416 g/mol. The smallest absolute Gasteiger partial charge is 0.416 e. The molecule has 0 aliphatic carbocycles. The van der Waals surface area contributed by atoms with Gasteiger partial charge in [0.15, 0.2) is 6.61 Å². The highest BCUT2D eigenvalue weighted by Gasteiger charge is 2.38. The summed E-state index contributed by atoms with van der Waals surface area (Å²) in [6, 6.07) is 10.2. The maximum absolute atomic E-state index is 13.0. The molecule has 0 aromatic heterocycles. The summed E-state index contributed by atoms with van der Waals surface area (Å²) in [7, 11) is 0. The Kier molecular flexibility index (Phi) is 6.56. The van der Waals surface area contributed by atoms with Crippen LogP contribution >= 0.6 is 11.6 Å². The fourth-order valence-electron chi connectivity index (χ4n) is 2.45. The van der Waals surface area contributed by atoms with Crippen molar-refractivity contribution in [2.45, 2.75) is 25.7 Å². The molecule has 1 amide bonds. The van der Waals surface area contributed by atoms with Crippen LogP contribution in [0.25, 0.3) is 0 Å². The first-order valence-corrected chi connectivity index (χ1v) is 8.44. The quantitative estimate of drug-likeness (QED) is 0.564. The summed E-state index contributed by atoms with van der Waals surface area (Å²) in [5, 5.41) is 2.92. The van der Waals surface area contributed by atoms with Crippen molar-refractivity contribution < 1.29 is 32.2 Å². The highest BCUT2D eigenvalue weighted by molar-refractivity contribution is 6.30. The van der Waals surface area contributed by atoms with Gasteiger partial charge in [-0.3, -0.25) is 9.59 Å². The summed E-state index contributed by atoms with van der Waals surface area (Å²) in [6.45, 7) is 1.89. The van der Waals surface area contributed by atoms with Crippen LogP contribution in [0.15, 0.2) is 48.5 Å². The van der Waals surface area contributed by atoms with Gasteiger partial charge in [-0.1, -0.05) is 29.8 Å². The molecule has 2 aromatic rings. The third kappa shape index (κ3) is 5.63. The zero-order valence-corrected chi connectivity index (χ0v) is 15.7. The van der Waals surface area contributed by atoms with Crippen LogP contribution in [-0.4, -0.2) is 18.5 Å². The predicted molar refractivity (Wildman–Crippen MR) is 95.7 cm³/mol. The summed E-state index contributed by atoms with van der Waals surface area (Å²) >= 11 is 5.89. The molecule has 2 rings (SSSR count). The number of carbonyl (C=O) groups excluding carboxylic acids is 2. The van der Waals surface area contributed by atoms with Crippen LogP contribution in [-0.2, 0) is 26.2 Å². The Morgan fingerprint density at radius 3 is 2.21 bits per heavy atom. The summed E-state index contributed by atoms with van der Waals surface area (Å²) in [5.41, 5.74) is -2.36. The van der Waals surface area contributed by atoms with Crippen molar-refractivity contribution >= 4 is 23.5 Å². The first kappa shape index (κ1) is 21.6. The molecule has 0 aliphatic heterocycles. The number of hydrogen-bond donors (Lipinski definition) is 1. The van der Waals surface area contributed by atoms with E-state index < -0.39 is 35.9 Å². The van der Waals surface area contributed by atoms with E-state index in [9.17, 15) is 22.8 Å². The Labute approximate surface area is 164 Å². The number of nitrogens with one attached hydrogen (secondary N) is 1. The van der Waals surface area contributed by atoms with Gasteiger partial charge in [-0.05, 0) is 30.3 Å². The Bertz CT molecular complexity index is 855. The Balaban J connectivity index is 2.53. The topological polar surface area (TPSA) is 64.6 Å². The minimum absolute atomic E-state index is 0.175. The average Bonchev–Trinajstić information content (AvgIpc) is 2.59. The summed E-state index contributed by atoms with van der Waals surface area (Å²) in [4.78, 5) is 23.2. The lowest BCUT2D eigenvalue weighted by molar-refractivity contribution is -0.152. The van der Waals surface area contributed by atoms with Crippen molar-refractivity contribution in [3.05, 3.63) is 64.7 Å². The second-order valence-corrected chi connectivity index (χ2v) is 6.36. The normalized spacial score (nSPS) is 13.4. The molecule has 0 heterocycles. The molecule has 0 fully saturated rings. The van der Waals surface area contributed by atoms with E-state index in [1.54, 1.807) is 0 Å². The molecule has 150 valence electrons. The van der Waals surface area contributed by atoms with Gasteiger partial charge in [0, 0.05) is 24.4 Å². The monoisotopic (exact) mass is 415 g/mol. The molecule has 9 heteroatoms. The van der Waals surface area contributed by atoms with Gasteiger partial charge in [0.25, 0.3) is 0 Å². The first-order chi connectivity index (χ1) is 13.0. The van der Waals surface area contributed by atoms with Gasteiger partial charge in [-0.2, -0.15) is 13.2 Å². The SMILES string of the molecule is CC(=O)NC(COC(C)=O)(Oc1cccc(C(F)(F)F)c1)c1ccc(Cl)cc1. The molecule has 2 aromatic carbocycles. The molecule has 0 aliphatic rings. The molecular formula is C19H17ClF3NO4. The van der Waals surface area contributed by atoms with Crippen molar-refractivity contribution in [2.24, 2.45) is 0 Å². The van der Waals surface area contributed by atoms with Crippen LogP contribution in [0.3, 0.4) is 0 Å². The van der Waals surface area contributed by atoms with Crippen LogP contribution in [0.4, 0.5) is 13.2 Å². The number of ether oxygens (including phenoxy) is 2. The lowest BCUT2D eigenvalue weighted by Gasteiger charge is -2.34. The van der Waals surface area contributed by atoms with E-state index in [1.165, 1.54) is 43.3 Å². The molecule has 0 bridgehead atoms. The third-order valence-corrected chi connectivity index (χ3v) is 3.87. The zero-order valence-electron chi connectivity index (χ0n) is 15.0. The molecule has 0 spiro atoms. The van der Waals surface area contributed by atoms with Crippen LogP contribution in [0.1, 0.15) is 25.0 Å². The fourth-order valence-corrected chi connectivity index (χ4v) is 2.58. The van der Waals surface area contributed by atoms with Crippen LogP contribution in [0, 0.1) is 0 Å². The number of esters is 1. The molecule has 0 saturated carbocycles. The lowest BCUT2D eigenvalue weighted by Crippen LogP contribution is -2.53. The molecular weight excluding hydrogens is 399 g/mol. The van der Waals surface area contributed by atoms with E-state index in [0.717, 1.165) is 19.1 Å². The maximum Gasteiger partial charge on any atom is 0.416 e. The van der Waals surface area contributed by atoms with Crippen LogP contribution < -0.4 is 10.1 Å². The Hall–Kier alpha value is -2.74. The molecule has 28 heavy (non-hydrogen) atoms. The Morgan fingerprint density at radius 1 is 1.04 bits per heavy atom. The second kappa shape index (κ2) is 8.52. The second-order valence-electron chi connectivity index (χ2n) is 5.92. The van der Waals surface area contributed by atoms with E-state index >= 15 is 0 Å². The molecule has 0 radical (unpaired) electrons. The highest BCUT2D eigenvalue weighted by atomic mass is 35.5. The van der Waals surface area contributed by atoms with E-state index in [2.05, 4.69) is 5.32 Å². The van der Waals surface area contributed by atoms with Gasteiger partial charge in [0.05, 0.1) is 5.56 Å². The molecule has 1 unspecified atom stereocenters. The molecule has 1 N–H and O–H groups in total. The third-order valence-electron chi connectivity index (χ3n) is 3.62. The minimum atomic E-state index is -4.58. The highest BCUT2D eigenvalue weighted by Crippen LogP contribution is 2.34. The number of benzene rings is 2. The number of halogens is 4. The lowest BCUT2D eigenvalue weighted by atomic mass is 10.0. The summed E-state index contributed by atoms with van der Waals surface area (Å²) in [5.74, 6) is -1.38. The first-order valence-electron chi connectivity index (χ1n) is 8.06. The van der Waals surface area contributed by atoms with Gasteiger partial charge in [-0.15, -0.1) is 0 Å². The van der Waals surface area contributed by atoms with Crippen molar-refractivity contribution in [1.82, 2.24) is 5.32 Å². The molecule has 0 saturated heterocycles. The van der Waals surface area contributed by atoms with Crippen molar-refractivity contribution in [1.29, 1.82) is 0 Å². The number of carbonyl (C=O) groups is 2. The number of hydrogen-bond acceptors (Lipinski definition) is 4. The van der Waals surface area contributed by atoms with E-state index in [0.29, 0.717) is 10.6 Å². The largest absolute Gasteiger partial charge is 0.460 e. The summed E-state index contributed by atoms with van der Waals surface area (Å²) in [6.07, 6.45) is -4.58. The van der Waals surface area contributed by atoms with Gasteiger partial charge < -0.3 is 14.8 Å². The number of rotatable bonds is 6. The Morgan fingerprint density at radius 2 is 1.68 bits per heavy atom. The molecule has 5 nitrogen and oxygen atoms in total. The van der Waals surface area contributed by atoms with Gasteiger partial charge in [-0.25, -0.2) is 0 Å². The van der Waals surface area contributed by atoms with Crippen LogP contribution in [0.2, 0.25) is 5.02 Å². The van der Waals surface area contributed by atoms with Gasteiger partial charge in [0.1, 0.15) is 5.75 Å².